The van der Waals surface area contributed by atoms with E-state index in [1.807, 2.05) is 6.07 Å². The summed E-state index contributed by atoms with van der Waals surface area (Å²) in [6.07, 6.45) is 3.70. The number of benzene rings is 3. The lowest BCUT2D eigenvalue weighted by molar-refractivity contribution is -0.135. The fraction of sp³-hybridized carbons (Fsp3) is 0.174. The van der Waals surface area contributed by atoms with Gasteiger partial charge in [0.05, 0.1) is 6.26 Å². The summed E-state index contributed by atoms with van der Waals surface area (Å²) in [6.45, 7) is 1.44. The first-order valence-corrected chi connectivity index (χ1v) is 8.66. The van der Waals surface area contributed by atoms with E-state index in [0.717, 1.165) is 18.4 Å². The van der Waals surface area contributed by atoms with Crippen LogP contribution in [0.5, 0.6) is 0 Å². The van der Waals surface area contributed by atoms with Gasteiger partial charge in [-0.1, -0.05) is 66.7 Å². The maximum Gasteiger partial charge on any atom is 0.307 e. The highest BCUT2D eigenvalue weighted by Crippen LogP contribution is 2.42. The second-order valence-corrected chi connectivity index (χ2v) is 6.54. The maximum absolute atomic E-state index is 11.3. The van der Waals surface area contributed by atoms with Crippen molar-refractivity contribution in [3.8, 4) is 0 Å². The molecule has 0 saturated carbocycles. The van der Waals surface area contributed by atoms with E-state index in [9.17, 15) is 4.79 Å². The van der Waals surface area contributed by atoms with Crippen LogP contribution < -0.4 is 0 Å². The van der Waals surface area contributed by atoms with Crippen LogP contribution in [0.4, 0.5) is 0 Å². The number of ether oxygens (including phenoxy) is 1. The van der Waals surface area contributed by atoms with Crippen molar-refractivity contribution in [2.45, 2.75) is 25.7 Å². The number of hydrogen-bond acceptors (Lipinski definition) is 2. The molecule has 0 spiro atoms. The van der Waals surface area contributed by atoms with E-state index in [1.165, 1.54) is 34.4 Å². The Kier molecular flexibility index (Phi) is 4.10. The van der Waals surface area contributed by atoms with E-state index in [2.05, 4.69) is 60.7 Å². The summed E-state index contributed by atoms with van der Waals surface area (Å²) < 4.78 is 5.28. The van der Waals surface area contributed by atoms with E-state index in [-0.39, 0.29) is 11.9 Å². The first-order chi connectivity index (χ1) is 12.2. The van der Waals surface area contributed by atoms with Crippen LogP contribution in [0.2, 0.25) is 0 Å². The largest absolute Gasteiger partial charge is 0.434 e. The first-order valence-electron chi connectivity index (χ1n) is 8.66. The fourth-order valence-electron chi connectivity index (χ4n) is 3.73. The molecule has 0 bridgehead atoms. The molecule has 0 saturated heterocycles. The second kappa shape index (κ2) is 6.56. The average Bonchev–Trinajstić information content (AvgIpc) is 2.65. The molecule has 3 aromatic rings. The number of aryl methyl sites for hydroxylation is 1. The highest BCUT2D eigenvalue weighted by Gasteiger charge is 2.26. The topological polar surface area (TPSA) is 26.3 Å². The molecule has 0 amide bonds. The molecule has 124 valence electrons. The second-order valence-electron chi connectivity index (χ2n) is 6.54. The van der Waals surface area contributed by atoms with Crippen molar-refractivity contribution in [3.63, 3.8) is 0 Å². The lowest BCUT2D eigenvalue weighted by Gasteiger charge is -2.28. The van der Waals surface area contributed by atoms with Gasteiger partial charge in [-0.3, -0.25) is 4.79 Å². The molecule has 1 aliphatic carbocycles. The minimum atomic E-state index is -0.284. The number of rotatable bonds is 2. The van der Waals surface area contributed by atoms with Crippen molar-refractivity contribution in [2.75, 3.05) is 0 Å². The van der Waals surface area contributed by atoms with Crippen molar-refractivity contribution in [1.82, 2.24) is 0 Å². The van der Waals surface area contributed by atoms with E-state index in [4.69, 9.17) is 4.74 Å². The Labute approximate surface area is 147 Å². The van der Waals surface area contributed by atoms with Gasteiger partial charge in [-0.15, -0.1) is 0 Å². The zero-order chi connectivity index (χ0) is 17.2. The summed E-state index contributed by atoms with van der Waals surface area (Å²) in [5, 5.41) is 2.48. The number of allylic oxidation sites excluding steroid dienone is 1. The Balaban J connectivity index is 1.81. The third kappa shape index (κ3) is 3.08. The van der Waals surface area contributed by atoms with Gasteiger partial charge < -0.3 is 4.74 Å². The van der Waals surface area contributed by atoms with Crippen LogP contribution in [-0.2, 0) is 16.0 Å². The normalized spacial score (nSPS) is 18.1. The molecule has 0 fully saturated rings. The summed E-state index contributed by atoms with van der Waals surface area (Å²) in [5.74, 6) is -0.0494. The maximum atomic E-state index is 11.3. The fourth-order valence-corrected chi connectivity index (χ4v) is 3.73. The Hall–Kier alpha value is -2.87. The molecule has 0 radical (unpaired) electrons. The van der Waals surface area contributed by atoms with Crippen molar-refractivity contribution in [1.29, 1.82) is 0 Å². The number of hydrogen-bond donors (Lipinski definition) is 0. The van der Waals surface area contributed by atoms with Crippen LogP contribution >= 0.6 is 0 Å². The quantitative estimate of drug-likeness (QED) is 0.460. The van der Waals surface area contributed by atoms with Crippen LogP contribution in [0, 0.1) is 0 Å². The van der Waals surface area contributed by atoms with Gasteiger partial charge in [0, 0.05) is 18.4 Å². The van der Waals surface area contributed by atoms with E-state index < -0.39 is 0 Å². The Morgan fingerprint density at radius 2 is 1.76 bits per heavy atom. The minimum absolute atomic E-state index is 0.235. The first kappa shape index (κ1) is 15.6. The highest BCUT2D eigenvalue weighted by molar-refractivity contribution is 5.85. The zero-order valence-corrected chi connectivity index (χ0v) is 14.2. The van der Waals surface area contributed by atoms with E-state index >= 15 is 0 Å². The van der Waals surface area contributed by atoms with Crippen molar-refractivity contribution >= 4 is 22.3 Å². The number of carbonyl (C=O) groups excluding carboxylic acids is 1. The average molecular weight is 328 g/mol. The van der Waals surface area contributed by atoms with E-state index in [1.54, 1.807) is 6.26 Å². The molecule has 0 heterocycles. The van der Waals surface area contributed by atoms with Gasteiger partial charge in [-0.25, -0.2) is 0 Å². The molecule has 0 N–H and O–H groups in total. The van der Waals surface area contributed by atoms with Gasteiger partial charge >= 0.3 is 5.97 Å². The van der Waals surface area contributed by atoms with Crippen LogP contribution in [0.15, 0.2) is 73.0 Å². The lowest BCUT2D eigenvalue weighted by atomic mass is 9.76. The summed E-state index contributed by atoms with van der Waals surface area (Å²) in [6, 6.07) is 23.4. The molecule has 0 aromatic heterocycles. The van der Waals surface area contributed by atoms with Gasteiger partial charge in [0.25, 0.3) is 0 Å². The summed E-state index contributed by atoms with van der Waals surface area (Å²) in [5.41, 5.74) is 4.87. The Morgan fingerprint density at radius 3 is 2.60 bits per heavy atom. The van der Waals surface area contributed by atoms with Gasteiger partial charge in [0.15, 0.2) is 0 Å². The summed E-state index contributed by atoms with van der Waals surface area (Å²) >= 11 is 0. The third-order valence-electron chi connectivity index (χ3n) is 4.93. The van der Waals surface area contributed by atoms with Gasteiger partial charge in [0.2, 0.25) is 0 Å². The molecule has 4 rings (SSSR count). The van der Waals surface area contributed by atoms with Crippen LogP contribution in [0.25, 0.3) is 16.3 Å². The minimum Gasteiger partial charge on any atom is -0.434 e. The van der Waals surface area contributed by atoms with Crippen molar-refractivity contribution in [3.05, 3.63) is 89.7 Å². The Bertz CT molecular complexity index is 968. The van der Waals surface area contributed by atoms with Gasteiger partial charge in [-0.05, 0) is 40.3 Å². The highest BCUT2D eigenvalue weighted by atomic mass is 16.5. The van der Waals surface area contributed by atoms with Crippen LogP contribution in [0.1, 0.15) is 36.0 Å². The molecule has 2 nitrogen and oxygen atoms in total. The van der Waals surface area contributed by atoms with Gasteiger partial charge in [-0.2, -0.15) is 0 Å². The zero-order valence-electron chi connectivity index (χ0n) is 14.2. The molecular formula is C23H20O2. The van der Waals surface area contributed by atoms with Crippen LogP contribution in [0.3, 0.4) is 0 Å². The Morgan fingerprint density at radius 1 is 1.00 bits per heavy atom. The standard InChI is InChI=1S/C23H20O2/c1-16(24)25-15-23-21-9-5-4-7-18(21)12-13-22(23)20-11-10-17-6-2-3-8-19(17)14-20/h2-11,14-15,22H,12-13H2,1H3/b23-15+/t22-/m1/s1. The molecule has 3 aromatic carbocycles. The third-order valence-corrected chi connectivity index (χ3v) is 4.93. The number of esters is 1. The molecule has 25 heavy (non-hydrogen) atoms. The predicted octanol–water partition coefficient (Wildman–Crippen LogP) is 5.47. The van der Waals surface area contributed by atoms with Crippen LogP contribution in [-0.4, -0.2) is 5.97 Å². The SMILES string of the molecule is CC(=O)O/C=C1\c2ccccc2CC[C@@H]1c1ccc2ccccc2c1. The molecule has 1 atom stereocenters. The molecule has 1 aliphatic rings. The summed E-state index contributed by atoms with van der Waals surface area (Å²) in [7, 11) is 0. The summed E-state index contributed by atoms with van der Waals surface area (Å²) in [4.78, 5) is 11.3. The lowest BCUT2D eigenvalue weighted by Crippen LogP contribution is -2.12. The molecule has 0 unspecified atom stereocenters. The predicted molar refractivity (Wildman–Crippen MR) is 101 cm³/mol. The molecule has 2 heteroatoms. The van der Waals surface area contributed by atoms with Crippen molar-refractivity contribution < 1.29 is 9.53 Å². The monoisotopic (exact) mass is 328 g/mol. The molecular weight excluding hydrogens is 308 g/mol. The van der Waals surface area contributed by atoms with Crippen molar-refractivity contribution in [2.24, 2.45) is 0 Å². The van der Waals surface area contributed by atoms with Gasteiger partial charge in [0.1, 0.15) is 0 Å². The smallest absolute Gasteiger partial charge is 0.307 e. The number of fused-ring (bicyclic) bond motifs is 2. The van der Waals surface area contributed by atoms with E-state index in [0.29, 0.717) is 0 Å². The molecule has 0 aliphatic heterocycles. The number of carbonyl (C=O) groups is 1.